The highest BCUT2D eigenvalue weighted by Crippen LogP contribution is 2.13. The number of amides is 2. The Hall–Kier alpha value is -2.60. The molecular weight excluding hydrogens is 426 g/mol. The average molecular weight is 470 g/mol. The fraction of sp³-hybridized carbons (Fsp3) is 0.571. The van der Waals surface area contributed by atoms with E-state index in [4.69, 9.17) is 4.74 Å². The lowest BCUT2D eigenvalue weighted by Crippen LogP contribution is -2.43. The molecule has 0 N–H and O–H groups in total. The first-order chi connectivity index (χ1) is 16.5. The van der Waals surface area contributed by atoms with Crippen LogP contribution in [-0.4, -0.2) is 53.0 Å². The van der Waals surface area contributed by atoms with Crippen LogP contribution in [0.15, 0.2) is 48.7 Å². The molecule has 2 amide bonds. The second kappa shape index (κ2) is 16.1. The van der Waals surface area contributed by atoms with Crippen LogP contribution in [0.25, 0.3) is 0 Å². The number of hydrogen-bond acceptors (Lipinski definition) is 3. The first-order valence-corrected chi connectivity index (χ1v) is 12.7. The van der Waals surface area contributed by atoms with Gasteiger partial charge in [0.2, 0.25) is 11.8 Å². The normalized spacial score (nSPS) is 10.9. The molecule has 0 spiro atoms. The molecule has 1 heterocycles. The average Bonchev–Trinajstić information content (AvgIpc) is 3.25. The smallest absolute Gasteiger partial charge is 0.242 e. The third-order valence-electron chi connectivity index (χ3n) is 6.21. The zero-order valence-corrected chi connectivity index (χ0v) is 21.4. The molecule has 0 aliphatic rings. The van der Waals surface area contributed by atoms with Crippen LogP contribution < -0.4 is 0 Å². The molecule has 0 fully saturated rings. The summed E-state index contributed by atoms with van der Waals surface area (Å²) in [5.74, 6) is -0.00782. The molecule has 188 valence electrons. The van der Waals surface area contributed by atoms with E-state index in [1.165, 1.54) is 32.1 Å². The number of unbranched alkanes of at least 4 members (excludes halogenated alkanes) is 6. The minimum atomic E-state index is -0.0472. The van der Waals surface area contributed by atoms with E-state index in [-0.39, 0.29) is 18.4 Å². The third kappa shape index (κ3) is 10.1. The fourth-order valence-corrected chi connectivity index (χ4v) is 4.04. The van der Waals surface area contributed by atoms with E-state index >= 15 is 0 Å². The van der Waals surface area contributed by atoms with E-state index in [1.54, 1.807) is 12.0 Å². The van der Waals surface area contributed by atoms with Crippen LogP contribution in [0.3, 0.4) is 0 Å². The number of methoxy groups -OCH3 is 1. The summed E-state index contributed by atoms with van der Waals surface area (Å²) in [5.41, 5.74) is 2.13. The van der Waals surface area contributed by atoms with Crippen molar-refractivity contribution in [1.29, 1.82) is 0 Å². The molecule has 0 unspecified atom stereocenters. The SMILES string of the molecule is CCCCCCCCCC(=O)N(CCOC)CC(=O)N(Cc1ccccc1)Cc1cccn1C. The predicted octanol–water partition coefficient (Wildman–Crippen LogP) is 5.17. The van der Waals surface area contributed by atoms with E-state index in [0.717, 1.165) is 24.1 Å². The molecule has 0 saturated heterocycles. The highest BCUT2D eigenvalue weighted by atomic mass is 16.5. The quantitative estimate of drug-likeness (QED) is 0.300. The number of ether oxygens (including phenoxy) is 1. The Morgan fingerprint density at radius 2 is 1.56 bits per heavy atom. The number of carbonyl (C=O) groups is 2. The monoisotopic (exact) mass is 469 g/mol. The van der Waals surface area contributed by atoms with Gasteiger partial charge in [-0.05, 0) is 24.1 Å². The maximum atomic E-state index is 13.4. The van der Waals surface area contributed by atoms with Crippen molar-refractivity contribution in [3.05, 3.63) is 59.9 Å². The van der Waals surface area contributed by atoms with Crippen LogP contribution in [0.5, 0.6) is 0 Å². The molecule has 0 atom stereocenters. The molecule has 6 nitrogen and oxygen atoms in total. The molecule has 6 heteroatoms. The molecule has 34 heavy (non-hydrogen) atoms. The lowest BCUT2D eigenvalue weighted by molar-refractivity contribution is -0.141. The number of rotatable bonds is 17. The summed E-state index contributed by atoms with van der Waals surface area (Å²) >= 11 is 0. The number of aromatic nitrogens is 1. The van der Waals surface area contributed by atoms with Crippen LogP contribution in [0, 0.1) is 0 Å². The van der Waals surface area contributed by atoms with Gasteiger partial charge >= 0.3 is 0 Å². The van der Waals surface area contributed by atoms with Crippen molar-refractivity contribution in [1.82, 2.24) is 14.4 Å². The zero-order chi connectivity index (χ0) is 24.6. The number of nitrogens with zero attached hydrogens (tertiary/aromatic N) is 3. The zero-order valence-electron chi connectivity index (χ0n) is 21.4. The summed E-state index contributed by atoms with van der Waals surface area (Å²) < 4.78 is 7.25. The Kier molecular flexibility index (Phi) is 13.1. The van der Waals surface area contributed by atoms with Crippen LogP contribution >= 0.6 is 0 Å². The minimum absolute atomic E-state index is 0.0393. The van der Waals surface area contributed by atoms with Crippen LogP contribution in [0.4, 0.5) is 0 Å². The standard InChI is InChI=1S/C28H43N3O3/c1-4-5-6-7-8-9-13-18-27(32)30(20-21-34-3)24-28(33)31(22-25-15-11-10-12-16-25)23-26-17-14-19-29(26)2/h10-12,14-17,19H,4-9,13,18,20-24H2,1-3H3. The largest absolute Gasteiger partial charge is 0.383 e. The topological polar surface area (TPSA) is 54.8 Å². The van der Waals surface area contributed by atoms with E-state index in [1.807, 2.05) is 65.2 Å². The van der Waals surface area contributed by atoms with Gasteiger partial charge in [0, 0.05) is 45.6 Å². The van der Waals surface area contributed by atoms with Gasteiger partial charge in [-0.25, -0.2) is 0 Å². The maximum absolute atomic E-state index is 13.4. The Balaban J connectivity index is 1.98. The van der Waals surface area contributed by atoms with Crippen molar-refractivity contribution in [2.75, 3.05) is 26.8 Å². The van der Waals surface area contributed by atoms with Gasteiger partial charge in [0.1, 0.15) is 0 Å². The van der Waals surface area contributed by atoms with Crippen molar-refractivity contribution in [3.63, 3.8) is 0 Å². The van der Waals surface area contributed by atoms with Gasteiger partial charge in [-0.3, -0.25) is 9.59 Å². The van der Waals surface area contributed by atoms with Gasteiger partial charge in [0.25, 0.3) is 0 Å². The van der Waals surface area contributed by atoms with Crippen LogP contribution in [0.1, 0.15) is 69.5 Å². The molecular formula is C28H43N3O3. The minimum Gasteiger partial charge on any atom is -0.383 e. The molecule has 1 aromatic heterocycles. The van der Waals surface area contributed by atoms with Crippen molar-refractivity contribution >= 4 is 11.8 Å². The first-order valence-electron chi connectivity index (χ1n) is 12.7. The molecule has 0 aliphatic carbocycles. The van der Waals surface area contributed by atoms with Gasteiger partial charge < -0.3 is 19.1 Å². The summed E-state index contributed by atoms with van der Waals surface area (Å²) in [6.07, 6.45) is 10.6. The van der Waals surface area contributed by atoms with E-state index in [2.05, 4.69) is 6.92 Å². The van der Waals surface area contributed by atoms with E-state index < -0.39 is 0 Å². The lowest BCUT2D eigenvalue weighted by Gasteiger charge is -2.28. The number of carbonyl (C=O) groups excluding carboxylic acids is 2. The van der Waals surface area contributed by atoms with Crippen molar-refractivity contribution in [3.8, 4) is 0 Å². The van der Waals surface area contributed by atoms with Crippen molar-refractivity contribution in [2.45, 2.75) is 71.4 Å². The van der Waals surface area contributed by atoms with Gasteiger partial charge in [0.05, 0.1) is 19.7 Å². The Morgan fingerprint density at radius 3 is 2.21 bits per heavy atom. The maximum Gasteiger partial charge on any atom is 0.242 e. The Morgan fingerprint density at radius 1 is 0.853 bits per heavy atom. The van der Waals surface area contributed by atoms with Crippen LogP contribution in [0.2, 0.25) is 0 Å². The number of hydrogen-bond donors (Lipinski definition) is 0. The summed E-state index contributed by atoms with van der Waals surface area (Å²) in [6.45, 7) is 4.16. The molecule has 2 aromatic rings. The van der Waals surface area contributed by atoms with Gasteiger partial charge in [-0.15, -0.1) is 0 Å². The van der Waals surface area contributed by atoms with Crippen molar-refractivity contribution < 1.29 is 14.3 Å². The van der Waals surface area contributed by atoms with Crippen molar-refractivity contribution in [2.24, 2.45) is 7.05 Å². The molecule has 2 rings (SSSR count). The van der Waals surface area contributed by atoms with Crippen LogP contribution in [-0.2, 0) is 34.5 Å². The Bertz CT molecular complexity index is 834. The second-order valence-corrected chi connectivity index (χ2v) is 9.03. The van der Waals surface area contributed by atoms with Gasteiger partial charge in [0.15, 0.2) is 0 Å². The number of aryl methyl sites for hydroxylation is 1. The van der Waals surface area contributed by atoms with E-state index in [9.17, 15) is 9.59 Å². The molecule has 1 aromatic carbocycles. The highest BCUT2D eigenvalue weighted by Gasteiger charge is 2.22. The second-order valence-electron chi connectivity index (χ2n) is 9.03. The summed E-state index contributed by atoms with van der Waals surface area (Å²) in [4.78, 5) is 29.9. The highest BCUT2D eigenvalue weighted by molar-refractivity contribution is 5.84. The molecule has 0 saturated carbocycles. The number of benzene rings is 1. The lowest BCUT2D eigenvalue weighted by atomic mass is 10.1. The predicted molar refractivity (Wildman–Crippen MR) is 137 cm³/mol. The van der Waals surface area contributed by atoms with Gasteiger partial charge in [-0.2, -0.15) is 0 Å². The van der Waals surface area contributed by atoms with Gasteiger partial charge in [-0.1, -0.05) is 75.8 Å². The summed E-state index contributed by atoms with van der Waals surface area (Å²) in [6, 6.07) is 14.0. The summed E-state index contributed by atoms with van der Waals surface area (Å²) in [7, 11) is 3.61. The van der Waals surface area contributed by atoms with E-state index in [0.29, 0.717) is 32.7 Å². The molecule has 0 radical (unpaired) electrons. The molecule has 0 aliphatic heterocycles. The fourth-order valence-electron chi connectivity index (χ4n) is 4.04. The summed E-state index contributed by atoms with van der Waals surface area (Å²) in [5, 5.41) is 0. The molecule has 0 bridgehead atoms. The Labute approximate surface area is 205 Å². The third-order valence-corrected chi connectivity index (χ3v) is 6.21. The first kappa shape index (κ1) is 27.6.